The van der Waals surface area contributed by atoms with Gasteiger partial charge in [0.05, 0.1) is 16.5 Å². The van der Waals surface area contributed by atoms with Crippen molar-refractivity contribution in [3.63, 3.8) is 0 Å². The number of carbonyl (C=O) groups is 2. The van der Waals surface area contributed by atoms with Crippen LogP contribution in [0.4, 0.5) is 10.5 Å². The summed E-state index contributed by atoms with van der Waals surface area (Å²) < 4.78 is 6.22. The number of hydrogen-bond acceptors (Lipinski definition) is 5. The number of benzene rings is 2. The van der Waals surface area contributed by atoms with E-state index in [1.807, 2.05) is 18.2 Å². The predicted octanol–water partition coefficient (Wildman–Crippen LogP) is 4.40. The van der Waals surface area contributed by atoms with Crippen LogP contribution in [0.15, 0.2) is 57.9 Å². The predicted molar refractivity (Wildman–Crippen MR) is 114 cm³/mol. The lowest BCUT2D eigenvalue weighted by atomic mass is 10.2. The quantitative estimate of drug-likeness (QED) is 0.519. The number of nitrogens with zero attached hydrogens (tertiary/aromatic N) is 1. The summed E-state index contributed by atoms with van der Waals surface area (Å²) >= 11 is 9.75. The van der Waals surface area contributed by atoms with Crippen molar-refractivity contribution in [2.45, 2.75) is 0 Å². The van der Waals surface area contributed by atoms with Gasteiger partial charge in [-0.25, -0.2) is 10.2 Å². The Balaban J connectivity index is 1.71. The minimum absolute atomic E-state index is 0.252. The second-order valence-corrected chi connectivity index (χ2v) is 7.87. The molecule has 0 bridgehead atoms. The molecule has 1 heterocycles. The molecule has 0 saturated carbocycles. The Morgan fingerprint density at radius 3 is 2.67 bits per heavy atom. The van der Waals surface area contributed by atoms with Gasteiger partial charge in [-0.1, -0.05) is 36.0 Å². The molecule has 0 atom stereocenters. The average molecular weight is 464 g/mol. The molecule has 0 radical (unpaired) electrons. The van der Waals surface area contributed by atoms with Gasteiger partial charge < -0.3 is 10.1 Å². The summed E-state index contributed by atoms with van der Waals surface area (Å²) in [5.74, 6) is 0.305. The highest BCUT2D eigenvalue weighted by Crippen LogP contribution is 2.33. The van der Waals surface area contributed by atoms with Gasteiger partial charge in [-0.3, -0.25) is 4.79 Å². The van der Waals surface area contributed by atoms with Gasteiger partial charge in [-0.15, -0.1) is 0 Å². The van der Waals surface area contributed by atoms with Crippen molar-refractivity contribution in [2.75, 3.05) is 12.4 Å². The van der Waals surface area contributed by atoms with Crippen molar-refractivity contribution in [2.24, 2.45) is 0 Å². The van der Waals surface area contributed by atoms with Crippen molar-refractivity contribution in [3.05, 3.63) is 63.5 Å². The SMILES string of the molecule is COc1ccc(/C=C2\SC(=S)N(NC(=O)Nc3ccccc3)C2=O)cc1Br. The number of amides is 3. The Kier molecular flexibility index (Phi) is 6.15. The summed E-state index contributed by atoms with van der Waals surface area (Å²) in [6.45, 7) is 0. The third kappa shape index (κ3) is 4.68. The number of urea groups is 1. The number of hydrazine groups is 1. The molecule has 2 aromatic rings. The molecule has 3 amide bonds. The number of hydrogen-bond donors (Lipinski definition) is 2. The van der Waals surface area contributed by atoms with E-state index in [1.54, 1.807) is 43.5 Å². The molecule has 1 aliphatic rings. The zero-order valence-corrected chi connectivity index (χ0v) is 17.3. The molecule has 0 spiro atoms. The van der Waals surface area contributed by atoms with E-state index in [4.69, 9.17) is 17.0 Å². The standard InChI is InChI=1S/C18H14BrN3O3S2/c1-25-14-8-7-11(9-13(14)19)10-15-16(23)22(18(26)27-15)21-17(24)20-12-5-3-2-4-6-12/h2-10H,1H3,(H2,20,21,24)/b15-10-. The van der Waals surface area contributed by atoms with Crippen molar-refractivity contribution in [3.8, 4) is 5.75 Å². The summed E-state index contributed by atoms with van der Waals surface area (Å²) in [6, 6.07) is 13.8. The van der Waals surface area contributed by atoms with Gasteiger partial charge >= 0.3 is 6.03 Å². The van der Waals surface area contributed by atoms with Crippen LogP contribution in [-0.4, -0.2) is 28.4 Å². The fourth-order valence-corrected chi connectivity index (χ4v) is 4.01. The van der Waals surface area contributed by atoms with E-state index in [2.05, 4.69) is 26.7 Å². The van der Waals surface area contributed by atoms with E-state index in [0.29, 0.717) is 16.3 Å². The molecule has 1 fully saturated rings. The van der Waals surface area contributed by atoms with E-state index in [9.17, 15) is 9.59 Å². The van der Waals surface area contributed by atoms with E-state index in [1.165, 1.54) is 0 Å². The molecule has 138 valence electrons. The van der Waals surface area contributed by atoms with Crippen molar-refractivity contribution >= 4 is 67.9 Å². The van der Waals surface area contributed by atoms with Crippen LogP contribution in [0.5, 0.6) is 5.75 Å². The first-order valence-corrected chi connectivity index (χ1v) is 9.74. The summed E-state index contributed by atoms with van der Waals surface area (Å²) in [5.41, 5.74) is 3.89. The Morgan fingerprint density at radius 2 is 2.00 bits per heavy atom. The fraction of sp³-hybridized carbons (Fsp3) is 0.0556. The van der Waals surface area contributed by atoms with E-state index < -0.39 is 6.03 Å². The molecule has 0 unspecified atom stereocenters. The van der Waals surface area contributed by atoms with Crippen LogP contribution in [0, 0.1) is 0 Å². The first-order chi connectivity index (χ1) is 13.0. The normalized spacial score (nSPS) is 15.2. The average Bonchev–Trinajstić information content (AvgIpc) is 2.90. The minimum Gasteiger partial charge on any atom is -0.496 e. The monoisotopic (exact) mass is 463 g/mol. The van der Waals surface area contributed by atoms with Crippen LogP contribution >= 0.6 is 39.9 Å². The summed E-state index contributed by atoms with van der Waals surface area (Å²) in [7, 11) is 1.58. The number of ether oxygens (including phenoxy) is 1. The Morgan fingerprint density at radius 1 is 1.26 bits per heavy atom. The number of nitrogens with one attached hydrogen (secondary N) is 2. The lowest BCUT2D eigenvalue weighted by Gasteiger charge is -2.16. The number of anilines is 1. The van der Waals surface area contributed by atoms with Crippen LogP contribution in [0.2, 0.25) is 0 Å². The van der Waals surface area contributed by atoms with Gasteiger partial charge in [0.1, 0.15) is 5.75 Å². The van der Waals surface area contributed by atoms with Crippen molar-refractivity contribution in [1.82, 2.24) is 10.4 Å². The van der Waals surface area contributed by atoms with Crippen LogP contribution in [0.25, 0.3) is 6.08 Å². The van der Waals surface area contributed by atoms with Gasteiger partial charge in [0, 0.05) is 5.69 Å². The molecule has 2 N–H and O–H groups in total. The topological polar surface area (TPSA) is 70.7 Å². The second-order valence-electron chi connectivity index (χ2n) is 5.34. The molecule has 1 aliphatic heterocycles. The highest BCUT2D eigenvalue weighted by molar-refractivity contribution is 9.10. The molecule has 1 saturated heterocycles. The molecule has 2 aromatic carbocycles. The van der Waals surface area contributed by atoms with Gasteiger partial charge in [0.2, 0.25) is 0 Å². The van der Waals surface area contributed by atoms with E-state index >= 15 is 0 Å². The first kappa shape index (κ1) is 19.4. The number of thiocarbonyl (C=S) groups is 1. The number of thioether (sulfide) groups is 1. The largest absolute Gasteiger partial charge is 0.496 e. The molecular weight excluding hydrogens is 450 g/mol. The zero-order valence-electron chi connectivity index (χ0n) is 14.1. The number of methoxy groups -OCH3 is 1. The van der Waals surface area contributed by atoms with Gasteiger partial charge in [-0.2, -0.15) is 5.01 Å². The lowest BCUT2D eigenvalue weighted by Crippen LogP contribution is -2.46. The van der Waals surface area contributed by atoms with Crippen LogP contribution in [0.1, 0.15) is 5.56 Å². The molecule has 3 rings (SSSR count). The zero-order chi connectivity index (χ0) is 19.4. The van der Waals surface area contributed by atoms with Crippen LogP contribution in [-0.2, 0) is 4.79 Å². The summed E-state index contributed by atoms with van der Waals surface area (Å²) in [5, 5.41) is 3.70. The highest BCUT2D eigenvalue weighted by atomic mass is 79.9. The minimum atomic E-state index is -0.550. The van der Waals surface area contributed by atoms with Crippen LogP contribution in [0.3, 0.4) is 0 Å². The van der Waals surface area contributed by atoms with Crippen molar-refractivity contribution < 1.29 is 14.3 Å². The Bertz CT molecular complexity index is 935. The smallest absolute Gasteiger partial charge is 0.338 e. The van der Waals surface area contributed by atoms with Crippen LogP contribution < -0.4 is 15.5 Å². The summed E-state index contributed by atoms with van der Waals surface area (Å²) in [6.07, 6.45) is 1.71. The van der Waals surface area contributed by atoms with Gasteiger partial charge in [0.25, 0.3) is 5.91 Å². The number of carbonyl (C=O) groups excluding carboxylic acids is 2. The van der Waals surface area contributed by atoms with Gasteiger partial charge in [0.15, 0.2) is 4.32 Å². The molecule has 27 heavy (non-hydrogen) atoms. The van der Waals surface area contributed by atoms with Gasteiger partial charge in [-0.05, 0) is 64.1 Å². The van der Waals surface area contributed by atoms with Crippen molar-refractivity contribution in [1.29, 1.82) is 0 Å². The fourth-order valence-electron chi connectivity index (χ4n) is 2.27. The molecule has 0 aromatic heterocycles. The van der Waals surface area contributed by atoms with E-state index in [0.717, 1.165) is 26.8 Å². The number of rotatable bonds is 4. The molecule has 0 aliphatic carbocycles. The molecular formula is C18H14BrN3O3S2. The Labute approximate surface area is 174 Å². The Hall–Kier alpha value is -2.36. The maximum absolute atomic E-state index is 12.6. The lowest BCUT2D eigenvalue weighted by molar-refractivity contribution is -0.123. The number of para-hydroxylation sites is 1. The second kappa shape index (κ2) is 8.55. The maximum atomic E-state index is 12.6. The first-order valence-electron chi connectivity index (χ1n) is 7.72. The third-order valence-corrected chi connectivity index (χ3v) is 5.43. The highest BCUT2D eigenvalue weighted by Gasteiger charge is 2.33. The molecule has 6 nitrogen and oxygen atoms in total. The maximum Gasteiger partial charge on any atom is 0.338 e. The third-order valence-electron chi connectivity index (χ3n) is 3.51. The number of halogens is 1. The summed E-state index contributed by atoms with van der Waals surface area (Å²) in [4.78, 5) is 25.1. The van der Waals surface area contributed by atoms with E-state index in [-0.39, 0.29) is 10.2 Å². The molecule has 9 heteroatoms.